The average molecular weight is 242 g/mol. The van der Waals surface area contributed by atoms with E-state index in [4.69, 9.17) is 0 Å². The van der Waals surface area contributed by atoms with E-state index in [0.29, 0.717) is 12.0 Å². The molecule has 0 nitrogen and oxygen atoms in total. The first-order valence-electron chi connectivity index (χ1n) is 5.52. The number of allylic oxidation sites excluding steroid dienone is 1. The van der Waals surface area contributed by atoms with Crippen molar-refractivity contribution >= 4 is 0 Å². The van der Waals surface area contributed by atoms with Crippen molar-refractivity contribution in [2.45, 2.75) is 32.9 Å². The highest BCUT2D eigenvalue weighted by Gasteiger charge is 2.30. The molecule has 17 heavy (non-hydrogen) atoms. The molecule has 1 aromatic carbocycles. The minimum absolute atomic E-state index is 0.0635. The van der Waals surface area contributed by atoms with Gasteiger partial charge in [-0.3, -0.25) is 0 Å². The van der Waals surface area contributed by atoms with E-state index >= 15 is 0 Å². The number of hydrogen-bond acceptors (Lipinski definition) is 0. The van der Waals surface area contributed by atoms with Crippen LogP contribution < -0.4 is 0 Å². The van der Waals surface area contributed by atoms with Crippen LogP contribution in [-0.4, -0.2) is 0 Å². The fourth-order valence-electron chi connectivity index (χ4n) is 1.87. The number of hydrogen-bond donors (Lipinski definition) is 0. The second-order valence-corrected chi connectivity index (χ2v) is 5.03. The van der Waals surface area contributed by atoms with E-state index in [1.54, 1.807) is 12.1 Å². The van der Waals surface area contributed by atoms with E-state index in [2.05, 4.69) is 6.58 Å². The van der Waals surface area contributed by atoms with E-state index in [9.17, 15) is 13.2 Å². The van der Waals surface area contributed by atoms with Gasteiger partial charge in [-0.05, 0) is 29.9 Å². The lowest BCUT2D eigenvalue weighted by atomic mass is 9.82. The first-order chi connectivity index (χ1) is 7.74. The summed E-state index contributed by atoms with van der Waals surface area (Å²) in [5.74, 6) is 0. The molecule has 1 rings (SSSR count). The highest BCUT2D eigenvalue weighted by atomic mass is 19.4. The summed E-state index contributed by atoms with van der Waals surface area (Å²) in [4.78, 5) is 0. The summed E-state index contributed by atoms with van der Waals surface area (Å²) < 4.78 is 37.6. The van der Waals surface area contributed by atoms with Gasteiger partial charge < -0.3 is 0 Å². The van der Waals surface area contributed by atoms with E-state index in [1.807, 2.05) is 13.8 Å². The lowest BCUT2D eigenvalue weighted by Gasteiger charge is -2.23. The third kappa shape index (κ3) is 4.25. The second-order valence-electron chi connectivity index (χ2n) is 5.03. The molecule has 0 atom stereocenters. The zero-order chi connectivity index (χ0) is 13.1. The minimum atomic E-state index is -4.27. The van der Waals surface area contributed by atoms with Crippen molar-refractivity contribution in [3.63, 3.8) is 0 Å². The van der Waals surface area contributed by atoms with Crippen LogP contribution in [0.5, 0.6) is 0 Å². The molecule has 1 aromatic rings. The van der Waals surface area contributed by atoms with Crippen molar-refractivity contribution in [1.29, 1.82) is 0 Å². The summed E-state index contributed by atoms with van der Waals surface area (Å²) in [5.41, 5.74) is 0.0717. The molecule has 0 saturated heterocycles. The summed E-state index contributed by atoms with van der Waals surface area (Å²) in [5, 5.41) is 0. The smallest absolute Gasteiger partial charge is 0.166 e. The Hall–Kier alpha value is -1.25. The fraction of sp³-hybridized carbons (Fsp3) is 0.429. The van der Waals surface area contributed by atoms with Crippen LogP contribution in [0.15, 0.2) is 36.9 Å². The number of rotatable bonds is 4. The van der Waals surface area contributed by atoms with Crippen molar-refractivity contribution < 1.29 is 13.2 Å². The van der Waals surface area contributed by atoms with Gasteiger partial charge in [0.15, 0.2) is 0 Å². The molecule has 0 fully saturated rings. The van der Waals surface area contributed by atoms with Crippen LogP contribution in [0.2, 0.25) is 0 Å². The van der Waals surface area contributed by atoms with Gasteiger partial charge in [0.1, 0.15) is 0 Å². The van der Waals surface area contributed by atoms with Gasteiger partial charge >= 0.3 is 6.18 Å². The van der Waals surface area contributed by atoms with Crippen LogP contribution in [-0.2, 0) is 12.6 Å². The van der Waals surface area contributed by atoms with Crippen molar-refractivity contribution in [3.05, 3.63) is 48.0 Å². The van der Waals surface area contributed by atoms with Crippen LogP contribution in [0.25, 0.3) is 0 Å². The summed E-state index contributed by atoms with van der Waals surface area (Å²) in [7, 11) is 0. The van der Waals surface area contributed by atoms with Gasteiger partial charge in [-0.25, -0.2) is 0 Å². The lowest BCUT2D eigenvalue weighted by molar-refractivity contribution is -0.137. The molecule has 3 heteroatoms. The Balaban J connectivity index is 2.90. The predicted molar refractivity (Wildman–Crippen MR) is 63.7 cm³/mol. The first kappa shape index (κ1) is 13.8. The van der Waals surface area contributed by atoms with Crippen LogP contribution in [0.1, 0.15) is 31.4 Å². The fourth-order valence-corrected chi connectivity index (χ4v) is 1.87. The lowest BCUT2D eigenvalue weighted by Crippen LogP contribution is -2.14. The summed E-state index contributed by atoms with van der Waals surface area (Å²) in [6, 6.07) is 5.52. The second kappa shape index (κ2) is 4.94. The Morgan fingerprint density at radius 1 is 1.24 bits per heavy atom. The van der Waals surface area contributed by atoms with Crippen LogP contribution in [0, 0.1) is 5.41 Å². The maximum Gasteiger partial charge on any atom is 0.416 e. The number of benzene rings is 1. The Kier molecular flexibility index (Phi) is 4.02. The standard InChI is InChI=1S/C14H17F3/c1-4-8-13(2,3)10-11-6-5-7-12(9-11)14(15,16)17/h4-7,9H,1,8,10H2,2-3H3. The van der Waals surface area contributed by atoms with Gasteiger partial charge in [-0.2, -0.15) is 13.2 Å². The van der Waals surface area contributed by atoms with E-state index in [0.717, 1.165) is 12.5 Å². The Morgan fingerprint density at radius 2 is 1.88 bits per heavy atom. The van der Waals surface area contributed by atoms with Gasteiger partial charge in [0.2, 0.25) is 0 Å². The minimum Gasteiger partial charge on any atom is -0.166 e. The van der Waals surface area contributed by atoms with E-state index in [-0.39, 0.29) is 5.41 Å². The maximum absolute atomic E-state index is 12.5. The third-order valence-electron chi connectivity index (χ3n) is 2.63. The van der Waals surface area contributed by atoms with E-state index < -0.39 is 11.7 Å². The molecule has 0 aliphatic carbocycles. The van der Waals surface area contributed by atoms with Gasteiger partial charge in [-0.15, -0.1) is 6.58 Å². The molecule has 0 amide bonds. The summed E-state index contributed by atoms with van der Waals surface area (Å²) in [6.07, 6.45) is -1.07. The molecule has 0 unspecified atom stereocenters. The normalized spacial score (nSPS) is 12.5. The quantitative estimate of drug-likeness (QED) is 0.662. The number of halogens is 3. The Morgan fingerprint density at radius 3 is 2.41 bits per heavy atom. The van der Waals surface area contributed by atoms with E-state index in [1.165, 1.54) is 12.1 Å². The molecule has 0 aliphatic heterocycles. The monoisotopic (exact) mass is 242 g/mol. The zero-order valence-electron chi connectivity index (χ0n) is 10.1. The topological polar surface area (TPSA) is 0 Å². The SMILES string of the molecule is C=CCC(C)(C)Cc1cccc(C(F)(F)F)c1. The molecule has 0 aromatic heterocycles. The van der Waals surface area contributed by atoms with Crippen molar-refractivity contribution in [2.24, 2.45) is 5.41 Å². The largest absolute Gasteiger partial charge is 0.416 e. The van der Waals surface area contributed by atoms with Gasteiger partial charge in [0.25, 0.3) is 0 Å². The molecule has 94 valence electrons. The van der Waals surface area contributed by atoms with Crippen LogP contribution in [0.3, 0.4) is 0 Å². The predicted octanol–water partition coefficient (Wildman–Crippen LogP) is 4.85. The molecule has 0 heterocycles. The van der Waals surface area contributed by atoms with Crippen molar-refractivity contribution in [3.8, 4) is 0 Å². The molecular formula is C14H17F3. The third-order valence-corrected chi connectivity index (χ3v) is 2.63. The molecular weight excluding hydrogens is 225 g/mol. The van der Waals surface area contributed by atoms with Crippen LogP contribution >= 0.6 is 0 Å². The molecule has 0 spiro atoms. The maximum atomic E-state index is 12.5. The van der Waals surface area contributed by atoms with Gasteiger partial charge in [-0.1, -0.05) is 38.1 Å². The average Bonchev–Trinajstić information content (AvgIpc) is 2.15. The summed E-state index contributed by atoms with van der Waals surface area (Å²) in [6.45, 7) is 7.71. The molecule has 0 bridgehead atoms. The Bertz CT molecular complexity index is 389. The number of alkyl halides is 3. The molecule has 0 radical (unpaired) electrons. The van der Waals surface area contributed by atoms with Gasteiger partial charge in [0.05, 0.1) is 5.56 Å². The zero-order valence-corrected chi connectivity index (χ0v) is 10.1. The molecule has 0 aliphatic rings. The van der Waals surface area contributed by atoms with Crippen molar-refractivity contribution in [1.82, 2.24) is 0 Å². The van der Waals surface area contributed by atoms with Crippen molar-refractivity contribution in [2.75, 3.05) is 0 Å². The summed E-state index contributed by atoms with van der Waals surface area (Å²) >= 11 is 0. The molecule has 0 saturated carbocycles. The highest BCUT2D eigenvalue weighted by Crippen LogP contribution is 2.32. The van der Waals surface area contributed by atoms with Gasteiger partial charge in [0, 0.05) is 0 Å². The van der Waals surface area contributed by atoms with Crippen LogP contribution in [0.4, 0.5) is 13.2 Å². The Labute approximate surface area is 100 Å². The highest BCUT2D eigenvalue weighted by molar-refractivity contribution is 5.26. The molecule has 0 N–H and O–H groups in total. The first-order valence-corrected chi connectivity index (χ1v) is 5.52.